The first-order valence-corrected chi connectivity index (χ1v) is 8.03. The molecule has 1 fully saturated rings. The number of piperidine rings is 1. The lowest BCUT2D eigenvalue weighted by molar-refractivity contribution is 0.0577. The second kappa shape index (κ2) is 6.26. The number of aromatic nitrogens is 2. The van der Waals surface area contributed by atoms with E-state index in [1.54, 1.807) is 0 Å². The Morgan fingerprint density at radius 2 is 2.15 bits per heavy atom. The molecule has 2 heterocycles. The van der Waals surface area contributed by atoms with Gasteiger partial charge in [-0.25, -0.2) is 0 Å². The zero-order valence-electron chi connectivity index (χ0n) is 12.3. The number of halogens is 1. The second-order valence-corrected chi connectivity index (χ2v) is 6.67. The van der Waals surface area contributed by atoms with Gasteiger partial charge in [-0.2, -0.15) is 5.10 Å². The SMILES string of the molecule is CC(C)c1[nH]nc(C(=O)N2CCCC[C@@H]2[C@@H](C)N)c1Br. The van der Waals surface area contributed by atoms with Crippen LogP contribution in [0.3, 0.4) is 0 Å². The summed E-state index contributed by atoms with van der Waals surface area (Å²) in [6, 6.07) is 0.101. The number of H-pyrrole nitrogens is 1. The summed E-state index contributed by atoms with van der Waals surface area (Å²) >= 11 is 3.50. The van der Waals surface area contributed by atoms with E-state index >= 15 is 0 Å². The Balaban J connectivity index is 2.25. The molecule has 1 aliphatic heterocycles. The molecule has 2 rings (SSSR count). The Hall–Kier alpha value is -0.880. The lowest BCUT2D eigenvalue weighted by atomic mass is 9.96. The molecule has 1 aromatic rings. The molecule has 0 radical (unpaired) electrons. The van der Waals surface area contributed by atoms with Crippen molar-refractivity contribution in [2.45, 2.75) is 58.0 Å². The summed E-state index contributed by atoms with van der Waals surface area (Å²) in [5.74, 6) is 0.269. The van der Waals surface area contributed by atoms with Gasteiger partial charge in [-0.3, -0.25) is 9.89 Å². The second-order valence-electron chi connectivity index (χ2n) is 5.88. The van der Waals surface area contributed by atoms with Crippen molar-refractivity contribution < 1.29 is 4.79 Å². The van der Waals surface area contributed by atoms with Gasteiger partial charge >= 0.3 is 0 Å². The third kappa shape index (κ3) is 2.91. The fourth-order valence-corrected chi connectivity index (χ4v) is 3.56. The summed E-state index contributed by atoms with van der Waals surface area (Å²) in [4.78, 5) is 14.6. The van der Waals surface area contributed by atoms with Crippen molar-refractivity contribution in [3.8, 4) is 0 Å². The van der Waals surface area contributed by atoms with E-state index in [1.807, 2.05) is 11.8 Å². The van der Waals surface area contributed by atoms with Crippen molar-refractivity contribution in [2.75, 3.05) is 6.54 Å². The number of rotatable bonds is 3. The summed E-state index contributed by atoms with van der Waals surface area (Å²) in [5, 5.41) is 7.16. The molecule has 2 atom stereocenters. The van der Waals surface area contributed by atoms with Crippen molar-refractivity contribution in [3.63, 3.8) is 0 Å². The van der Waals surface area contributed by atoms with Gasteiger partial charge in [0.2, 0.25) is 0 Å². The van der Waals surface area contributed by atoms with Crippen molar-refractivity contribution in [1.29, 1.82) is 0 Å². The van der Waals surface area contributed by atoms with E-state index in [9.17, 15) is 4.79 Å². The molecule has 0 saturated carbocycles. The third-order valence-corrected chi connectivity index (χ3v) is 4.73. The first-order valence-electron chi connectivity index (χ1n) is 7.23. The molecule has 20 heavy (non-hydrogen) atoms. The largest absolute Gasteiger partial charge is 0.333 e. The predicted octanol–water partition coefficient (Wildman–Crippen LogP) is 2.64. The minimum atomic E-state index is -0.0259. The van der Waals surface area contributed by atoms with Crippen LogP contribution in [0.1, 0.15) is 62.1 Å². The van der Waals surface area contributed by atoms with E-state index < -0.39 is 0 Å². The quantitative estimate of drug-likeness (QED) is 0.886. The van der Waals surface area contributed by atoms with E-state index in [-0.39, 0.29) is 18.0 Å². The molecule has 1 amide bonds. The van der Waals surface area contributed by atoms with Gasteiger partial charge in [0.1, 0.15) is 0 Å². The zero-order chi connectivity index (χ0) is 14.9. The number of aromatic amines is 1. The number of nitrogens with zero attached hydrogens (tertiary/aromatic N) is 2. The molecule has 6 heteroatoms. The Morgan fingerprint density at radius 1 is 1.45 bits per heavy atom. The molecular formula is C14H23BrN4O. The van der Waals surface area contributed by atoms with Crippen LogP contribution in [0.15, 0.2) is 4.47 Å². The zero-order valence-corrected chi connectivity index (χ0v) is 13.9. The van der Waals surface area contributed by atoms with Gasteiger partial charge in [0, 0.05) is 18.6 Å². The van der Waals surface area contributed by atoms with Crippen LogP contribution in [0.4, 0.5) is 0 Å². The van der Waals surface area contributed by atoms with E-state index in [0.29, 0.717) is 11.6 Å². The van der Waals surface area contributed by atoms with E-state index in [2.05, 4.69) is 40.0 Å². The van der Waals surface area contributed by atoms with Crippen LogP contribution in [0, 0.1) is 0 Å². The Bertz CT molecular complexity index is 484. The van der Waals surface area contributed by atoms with Crippen molar-refractivity contribution >= 4 is 21.8 Å². The van der Waals surface area contributed by atoms with E-state index in [1.165, 1.54) is 0 Å². The van der Waals surface area contributed by atoms with Crippen molar-refractivity contribution in [3.05, 3.63) is 15.9 Å². The molecule has 0 aliphatic carbocycles. The van der Waals surface area contributed by atoms with Gasteiger partial charge in [-0.1, -0.05) is 13.8 Å². The number of nitrogens with two attached hydrogens (primary N) is 1. The van der Waals surface area contributed by atoms with Crippen LogP contribution in [-0.2, 0) is 0 Å². The standard InChI is InChI=1S/C14H23BrN4O/c1-8(2)12-11(15)13(18-17-12)14(20)19-7-5-4-6-10(19)9(3)16/h8-10H,4-7,16H2,1-3H3,(H,17,18)/t9-,10-/m1/s1. The average molecular weight is 343 g/mol. The first-order chi connectivity index (χ1) is 9.43. The summed E-state index contributed by atoms with van der Waals surface area (Å²) < 4.78 is 0.784. The van der Waals surface area contributed by atoms with E-state index in [0.717, 1.165) is 36.0 Å². The number of amides is 1. The molecule has 1 aliphatic rings. The van der Waals surface area contributed by atoms with Crippen LogP contribution in [0.2, 0.25) is 0 Å². The number of hydrogen-bond donors (Lipinski definition) is 2. The molecule has 5 nitrogen and oxygen atoms in total. The van der Waals surface area contributed by atoms with Crippen LogP contribution in [0.25, 0.3) is 0 Å². The molecule has 1 saturated heterocycles. The van der Waals surface area contributed by atoms with Crippen LogP contribution >= 0.6 is 15.9 Å². The number of carbonyl (C=O) groups excluding carboxylic acids is 1. The Kier molecular flexibility index (Phi) is 4.86. The minimum Gasteiger partial charge on any atom is -0.333 e. The number of carbonyl (C=O) groups is 1. The fourth-order valence-electron chi connectivity index (χ4n) is 2.76. The van der Waals surface area contributed by atoms with Crippen LogP contribution in [0.5, 0.6) is 0 Å². The molecule has 0 unspecified atom stereocenters. The monoisotopic (exact) mass is 342 g/mol. The molecule has 0 aromatic carbocycles. The molecule has 0 bridgehead atoms. The number of hydrogen-bond acceptors (Lipinski definition) is 3. The smallest absolute Gasteiger partial charge is 0.275 e. The summed E-state index contributed by atoms with van der Waals surface area (Å²) in [7, 11) is 0. The fraction of sp³-hybridized carbons (Fsp3) is 0.714. The van der Waals surface area contributed by atoms with Crippen molar-refractivity contribution in [1.82, 2.24) is 15.1 Å². The normalized spacial score (nSPS) is 21.3. The van der Waals surface area contributed by atoms with E-state index in [4.69, 9.17) is 5.73 Å². The number of likely N-dealkylation sites (tertiary alicyclic amines) is 1. The van der Waals surface area contributed by atoms with Gasteiger partial charge in [-0.15, -0.1) is 0 Å². The topological polar surface area (TPSA) is 75.0 Å². The maximum absolute atomic E-state index is 12.7. The van der Waals surface area contributed by atoms with Gasteiger partial charge in [-0.05, 0) is 48.0 Å². The maximum atomic E-state index is 12.7. The summed E-state index contributed by atoms with van der Waals surface area (Å²) in [6.45, 7) is 6.87. The van der Waals surface area contributed by atoms with Crippen molar-refractivity contribution in [2.24, 2.45) is 5.73 Å². The molecule has 1 aromatic heterocycles. The van der Waals surface area contributed by atoms with Gasteiger partial charge < -0.3 is 10.6 Å². The Labute approximate surface area is 128 Å². The highest BCUT2D eigenvalue weighted by atomic mass is 79.9. The first kappa shape index (κ1) is 15.5. The van der Waals surface area contributed by atoms with Gasteiger partial charge in [0.15, 0.2) is 5.69 Å². The van der Waals surface area contributed by atoms with Crippen LogP contribution < -0.4 is 5.73 Å². The lowest BCUT2D eigenvalue weighted by Gasteiger charge is -2.37. The molecule has 3 N–H and O–H groups in total. The lowest BCUT2D eigenvalue weighted by Crippen LogP contribution is -2.51. The predicted molar refractivity (Wildman–Crippen MR) is 82.7 cm³/mol. The highest BCUT2D eigenvalue weighted by molar-refractivity contribution is 9.10. The minimum absolute atomic E-state index is 0.0125. The van der Waals surface area contributed by atoms with Crippen LogP contribution in [-0.4, -0.2) is 39.6 Å². The third-order valence-electron chi connectivity index (χ3n) is 3.93. The molecular weight excluding hydrogens is 320 g/mol. The van der Waals surface area contributed by atoms with Gasteiger partial charge in [0.05, 0.1) is 10.2 Å². The summed E-state index contributed by atoms with van der Waals surface area (Å²) in [5.41, 5.74) is 7.47. The van der Waals surface area contributed by atoms with Gasteiger partial charge in [0.25, 0.3) is 5.91 Å². The Morgan fingerprint density at radius 3 is 2.70 bits per heavy atom. The number of nitrogens with one attached hydrogen (secondary N) is 1. The molecule has 0 spiro atoms. The summed E-state index contributed by atoms with van der Waals surface area (Å²) in [6.07, 6.45) is 3.14. The highest BCUT2D eigenvalue weighted by Gasteiger charge is 2.32. The maximum Gasteiger partial charge on any atom is 0.275 e. The average Bonchev–Trinajstić information content (AvgIpc) is 2.79. The molecule has 112 valence electrons. The highest BCUT2D eigenvalue weighted by Crippen LogP contribution is 2.28.